The zero-order valence-corrected chi connectivity index (χ0v) is 9.26. The number of ether oxygens (including phenoxy) is 1. The summed E-state index contributed by atoms with van der Waals surface area (Å²) in [6.07, 6.45) is 0.859. The molecule has 1 amide bonds. The van der Waals surface area contributed by atoms with Gasteiger partial charge in [-0.3, -0.25) is 4.79 Å². The van der Waals surface area contributed by atoms with Crippen LogP contribution in [0.15, 0.2) is 18.2 Å². The monoisotopic (exact) mass is 205 g/mol. The third kappa shape index (κ3) is 1.82. The number of hydrogen-bond acceptors (Lipinski definition) is 2. The van der Waals surface area contributed by atoms with E-state index in [1.165, 1.54) is 0 Å². The summed E-state index contributed by atoms with van der Waals surface area (Å²) in [7, 11) is 1.60. The Morgan fingerprint density at radius 1 is 1.40 bits per heavy atom. The van der Waals surface area contributed by atoms with E-state index < -0.39 is 0 Å². The fourth-order valence-electron chi connectivity index (χ4n) is 1.94. The van der Waals surface area contributed by atoms with E-state index in [0.29, 0.717) is 0 Å². The molecule has 0 saturated carbocycles. The quantitative estimate of drug-likeness (QED) is 0.758. The zero-order chi connectivity index (χ0) is 11.1. The molecule has 1 N–H and O–H groups in total. The van der Waals surface area contributed by atoms with Crippen LogP contribution in [0.4, 0.5) is 0 Å². The minimum Gasteiger partial charge on any atom is -0.497 e. The van der Waals surface area contributed by atoms with E-state index in [0.717, 1.165) is 23.3 Å². The van der Waals surface area contributed by atoms with Crippen molar-refractivity contribution in [2.75, 3.05) is 7.11 Å². The summed E-state index contributed by atoms with van der Waals surface area (Å²) in [4.78, 5) is 11.8. The number of methoxy groups -OCH3 is 1. The van der Waals surface area contributed by atoms with E-state index in [2.05, 4.69) is 5.32 Å². The largest absolute Gasteiger partial charge is 0.497 e. The molecule has 0 atom stereocenters. The fraction of sp³-hybridized carbons (Fsp3) is 0.417. The molecule has 0 unspecified atom stereocenters. The first-order valence-electron chi connectivity index (χ1n) is 5.01. The minimum atomic E-state index is -0.154. The second-order valence-electron chi connectivity index (χ2n) is 4.54. The molecule has 0 bridgehead atoms. The van der Waals surface area contributed by atoms with Gasteiger partial charge in [-0.05, 0) is 38.0 Å². The number of nitrogens with one attached hydrogen (secondary N) is 1. The molecule has 0 fully saturated rings. The first kappa shape index (κ1) is 10.0. The molecule has 1 aromatic rings. The predicted molar refractivity (Wildman–Crippen MR) is 58.2 cm³/mol. The van der Waals surface area contributed by atoms with Gasteiger partial charge in [0.2, 0.25) is 0 Å². The highest BCUT2D eigenvalue weighted by atomic mass is 16.5. The molecule has 3 nitrogen and oxygen atoms in total. The summed E-state index contributed by atoms with van der Waals surface area (Å²) in [6, 6.07) is 5.65. The Kier molecular flexibility index (Phi) is 2.18. The number of amides is 1. The highest BCUT2D eigenvalue weighted by Crippen LogP contribution is 2.26. The van der Waals surface area contributed by atoms with Crippen molar-refractivity contribution < 1.29 is 9.53 Å². The Hall–Kier alpha value is -1.51. The van der Waals surface area contributed by atoms with Crippen molar-refractivity contribution in [1.82, 2.24) is 5.32 Å². The molecule has 0 aliphatic carbocycles. The molecule has 1 heterocycles. The van der Waals surface area contributed by atoms with Gasteiger partial charge in [-0.15, -0.1) is 0 Å². The first-order valence-corrected chi connectivity index (χ1v) is 5.01. The Morgan fingerprint density at radius 2 is 2.13 bits per heavy atom. The number of rotatable bonds is 1. The summed E-state index contributed by atoms with van der Waals surface area (Å²) >= 11 is 0. The molecular formula is C12H15NO2. The maximum Gasteiger partial charge on any atom is 0.252 e. The predicted octanol–water partition coefficient (Wildman–Crippen LogP) is 1.76. The molecule has 0 radical (unpaired) electrons. The van der Waals surface area contributed by atoms with Crippen LogP contribution in [0.1, 0.15) is 29.8 Å². The number of benzene rings is 1. The summed E-state index contributed by atoms with van der Waals surface area (Å²) in [5, 5.41) is 2.97. The number of fused-ring (bicyclic) bond motifs is 1. The van der Waals surface area contributed by atoms with E-state index in [4.69, 9.17) is 4.74 Å². The lowest BCUT2D eigenvalue weighted by atomic mass is 9.87. The molecule has 0 saturated heterocycles. The topological polar surface area (TPSA) is 38.3 Å². The second-order valence-corrected chi connectivity index (χ2v) is 4.54. The van der Waals surface area contributed by atoms with Gasteiger partial charge < -0.3 is 10.1 Å². The maximum absolute atomic E-state index is 11.8. The lowest BCUT2D eigenvalue weighted by Crippen LogP contribution is -2.49. The van der Waals surface area contributed by atoms with E-state index in [-0.39, 0.29) is 11.4 Å². The van der Waals surface area contributed by atoms with Gasteiger partial charge in [0.15, 0.2) is 0 Å². The standard InChI is InChI=1S/C12H15NO2/c1-12(2)7-8-4-5-9(15-3)6-10(8)11(14)13-12/h4-6H,7H2,1-3H3,(H,13,14). The molecule has 3 heteroatoms. The highest BCUT2D eigenvalue weighted by Gasteiger charge is 2.29. The fourth-order valence-corrected chi connectivity index (χ4v) is 1.94. The maximum atomic E-state index is 11.8. The van der Waals surface area contributed by atoms with Gasteiger partial charge in [-0.1, -0.05) is 6.07 Å². The average Bonchev–Trinajstić information content (AvgIpc) is 2.15. The lowest BCUT2D eigenvalue weighted by Gasteiger charge is -2.32. The minimum absolute atomic E-state index is 0.0137. The SMILES string of the molecule is COc1ccc2c(c1)C(=O)NC(C)(C)C2. The van der Waals surface area contributed by atoms with Gasteiger partial charge in [0.05, 0.1) is 7.11 Å². The number of hydrogen-bond donors (Lipinski definition) is 1. The van der Waals surface area contributed by atoms with Crippen LogP contribution < -0.4 is 10.1 Å². The molecule has 2 rings (SSSR count). The van der Waals surface area contributed by atoms with Gasteiger partial charge in [0.25, 0.3) is 5.91 Å². The first-order chi connectivity index (χ1) is 7.02. The van der Waals surface area contributed by atoms with Crippen molar-refractivity contribution in [3.63, 3.8) is 0 Å². The van der Waals surface area contributed by atoms with Crippen molar-refractivity contribution in [3.8, 4) is 5.75 Å². The summed E-state index contributed by atoms with van der Waals surface area (Å²) < 4.78 is 5.10. The van der Waals surface area contributed by atoms with Gasteiger partial charge in [0.1, 0.15) is 5.75 Å². The average molecular weight is 205 g/mol. The summed E-state index contributed by atoms with van der Waals surface area (Å²) in [5.74, 6) is 0.712. The molecule has 15 heavy (non-hydrogen) atoms. The number of carbonyl (C=O) groups excluding carboxylic acids is 1. The third-order valence-corrected chi connectivity index (χ3v) is 2.65. The molecule has 1 aromatic carbocycles. The van der Waals surface area contributed by atoms with Crippen LogP contribution in [0, 0.1) is 0 Å². The molecule has 80 valence electrons. The van der Waals surface area contributed by atoms with Crippen molar-refractivity contribution in [3.05, 3.63) is 29.3 Å². The van der Waals surface area contributed by atoms with Crippen LogP contribution in [0.5, 0.6) is 5.75 Å². The molecular weight excluding hydrogens is 190 g/mol. The van der Waals surface area contributed by atoms with E-state index in [1.807, 2.05) is 26.0 Å². The van der Waals surface area contributed by atoms with Crippen LogP contribution in [0.25, 0.3) is 0 Å². The van der Waals surface area contributed by atoms with Crippen LogP contribution in [0.3, 0.4) is 0 Å². The molecule has 0 spiro atoms. The van der Waals surface area contributed by atoms with Gasteiger partial charge >= 0.3 is 0 Å². The zero-order valence-electron chi connectivity index (χ0n) is 9.26. The lowest BCUT2D eigenvalue weighted by molar-refractivity contribution is 0.0896. The van der Waals surface area contributed by atoms with E-state index in [1.54, 1.807) is 13.2 Å². The van der Waals surface area contributed by atoms with Crippen molar-refractivity contribution >= 4 is 5.91 Å². The van der Waals surface area contributed by atoms with Gasteiger partial charge in [0, 0.05) is 11.1 Å². The summed E-state index contributed by atoms with van der Waals surface area (Å²) in [5.41, 5.74) is 1.66. The molecule has 0 aromatic heterocycles. The van der Waals surface area contributed by atoms with Gasteiger partial charge in [-0.2, -0.15) is 0 Å². The number of carbonyl (C=O) groups is 1. The highest BCUT2D eigenvalue weighted by molar-refractivity contribution is 5.97. The summed E-state index contributed by atoms with van der Waals surface area (Å²) in [6.45, 7) is 4.05. The Morgan fingerprint density at radius 3 is 2.80 bits per heavy atom. The van der Waals surface area contributed by atoms with Gasteiger partial charge in [-0.25, -0.2) is 0 Å². The molecule has 1 aliphatic rings. The van der Waals surface area contributed by atoms with Crippen molar-refractivity contribution in [1.29, 1.82) is 0 Å². The Labute approximate surface area is 89.4 Å². The van der Waals surface area contributed by atoms with Crippen molar-refractivity contribution in [2.45, 2.75) is 25.8 Å². The van der Waals surface area contributed by atoms with Crippen LogP contribution in [-0.2, 0) is 6.42 Å². The third-order valence-electron chi connectivity index (χ3n) is 2.65. The molecule has 1 aliphatic heterocycles. The van der Waals surface area contributed by atoms with Crippen LogP contribution >= 0.6 is 0 Å². The van der Waals surface area contributed by atoms with Crippen molar-refractivity contribution in [2.24, 2.45) is 0 Å². The van der Waals surface area contributed by atoms with Crippen LogP contribution in [-0.4, -0.2) is 18.6 Å². The van der Waals surface area contributed by atoms with E-state index in [9.17, 15) is 4.79 Å². The second kappa shape index (κ2) is 3.26. The Bertz CT molecular complexity index is 410. The normalized spacial score (nSPS) is 17.9. The smallest absolute Gasteiger partial charge is 0.252 e. The van der Waals surface area contributed by atoms with Crippen LogP contribution in [0.2, 0.25) is 0 Å². The Balaban J connectivity index is 2.46. The van der Waals surface area contributed by atoms with E-state index >= 15 is 0 Å².